The van der Waals surface area contributed by atoms with E-state index >= 15 is 0 Å². The zero-order chi connectivity index (χ0) is 18.5. The Balaban J connectivity index is 2.15. The second-order valence-electron chi connectivity index (χ2n) is 4.77. The Morgan fingerprint density at radius 3 is 2.00 bits per heavy atom. The molecule has 1 aromatic rings. The van der Waals surface area contributed by atoms with Crippen molar-refractivity contribution in [2.45, 2.75) is 4.90 Å². The Labute approximate surface area is 146 Å². The van der Waals surface area contributed by atoms with Gasteiger partial charge < -0.3 is 19.9 Å². The summed E-state index contributed by atoms with van der Waals surface area (Å²) in [6.07, 6.45) is 0. The molecule has 0 saturated carbocycles. The first-order chi connectivity index (χ1) is 12.0. The van der Waals surface area contributed by atoms with Crippen LogP contribution in [0, 0.1) is 10.1 Å². The molecule has 142 valence electrons. The molecule has 0 saturated heterocycles. The maximum atomic E-state index is 12.0. The van der Waals surface area contributed by atoms with Crippen LogP contribution in [-0.2, 0) is 24.2 Å². The van der Waals surface area contributed by atoms with Gasteiger partial charge in [-0.3, -0.25) is 10.1 Å². The number of ether oxygens (including phenoxy) is 3. The second-order valence-corrected chi connectivity index (χ2v) is 6.54. The number of nitrogens with two attached hydrogens (primary N) is 1. The van der Waals surface area contributed by atoms with E-state index in [4.69, 9.17) is 19.9 Å². The van der Waals surface area contributed by atoms with E-state index in [0.717, 1.165) is 12.1 Å². The molecule has 0 fully saturated rings. The quantitative estimate of drug-likeness (QED) is 0.259. The van der Waals surface area contributed by atoms with E-state index < -0.39 is 14.9 Å². The first-order valence-electron chi connectivity index (χ1n) is 7.65. The van der Waals surface area contributed by atoms with Gasteiger partial charge in [-0.05, 0) is 12.1 Å². The van der Waals surface area contributed by atoms with Crippen LogP contribution in [0.3, 0.4) is 0 Å². The summed E-state index contributed by atoms with van der Waals surface area (Å²) in [5.74, 6) is 0. The van der Waals surface area contributed by atoms with E-state index in [1.165, 1.54) is 12.1 Å². The Morgan fingerprint density at radius 1 is 0.960 bits per heavy atom. The molecule has 1 rings (SSSR count). The fourth-order valence-corrected chi connectivity index (χ4v) is 2.72. The third-order valence-electron chi connectivity index (χ3n) is 2.90. The van der Waals surface area contributed by atoms with E-state index in [0.29, 0.717) is 39.6 Å². The summed E-state index contributed by atoms with van der Waals surface area (Å²) in [5, 5.41) is 10.5. The minimum Gasteiger partial charge on any atom is -0.378 e. The van der Waals surface area contributed by atoms with Gasteiger partial charge in [-0.1, -0.05) is 0 Å². The van der Waals surface area contributed by atoms with Crippen LogP contribution in [0.25, 0.3) is 0 Å². The summed E-state index contributed by atoms with van der Waals surface area (Å²) in [7, 11) is -3.72. The first kappa shape index (κ1) is 21.4. The van der Waals surface area contributed by atoms with Crippen LogP contribution in [0.15, 0.2) is 29.2 Å². The summed E-state index contributed by atoms with van der Waals surface area (Å²) < 4.78 is 41.9. The van der Waals surface area contributed by atoms with Crippen LogP contribution in [0.1, 0.15) is 0 Å². The van der Waals surface area contributed by atoms with E-state index in [1.807, 2.05) is 0 Å². The number of hydrogen-bond acceptors (Lipinski definition) is 8. The molecule has 0 aromatic heterocycles. The molecular weight excluding hydrogens is 354 g/mol. The van der Waals surface area contributed by atoms with Gasteiger partial charge >= 0.3 is 0 Å². The number of nitro benzene ring substituents is 1. The SMILES string of the molecule is NCCOCCOCCOCCNS(=O)(=O)c1ccc([N+](=O)[O-])cc1. The van der Waals surface area contributed by atoms with E-state index in [9.17, 15) is 18.5 Å². The number of hydrogen-bond donors (Lipinski definition) is 2. The van der Waals surface area contributed by atoms with Crippen molar-refractivity contribution in [3.05, 3.63) is 34.4 Å². The molecule has 0 radical (unpaired) electrons. The lowest BCUT2D eigenvalue weighted by molar-refractivity contribution is -0.384. The van der Waals surface area contributed by atoms with Crippen molar-refractivity contribution in [2.24, 2.45) is 5.73 Å². The summed E-state index contributed by atoms with van der Waals surface area (Å²) in [5.41, 5.74) is 5.09. The lowest BCUT2D eigenvalue weighted by Crippen LogP contribution is -2.27. The van der Waals surface area contributed by atoms with Gasteiger partial charge in [0.1, 0.15) is 0 Å². The van der Waals surface area contributed by atoms with Crippen molar-refractivity contribution in [1.29, 1.82) is 0 Å². The van der Waals surface area contributed by atoms with Crippen molar-refractivity contribution in [1.82, 2.24) is 4.72 Å². The maximum Gasteiger partial charge on any atom is 0.269 e. The van der Waals surface area contributed by atoms with Gasteiger partial charge in [0.05, 0.1) is 49.5 Å². The van der Waals surface area contributed by atoms with Gasteiger partial charge in [-0.2, -0.15) is 0 Å². The standard InChI is InChI=1S/C14H23N3O7S/c15-5-7-22-9-11-24-12-10-23-8-6-16-25(20,21)14-3-1-13(2-4-14)17(18)19/h1-4,16H,5-12,15H2. The average Bonchev–Trinajstić information content (AvgIpc) is 2.59. The molecule has 0 amide bonds. The lowest BCUT2D eigenvalue weighted by Gasteiger charge is -2.08. The Hall–Kier alpha value is -1.63. The van der Waals surface area contributed by atoms with E-state index in [1.54, 1.807) is 0 Å². The zero-order valence-electron chi connectivity index (χ0n) is 13.8. The maximum absolute atomic E-state index is 12.0. The van der Waals surface area contributed by atoms with Crippen molar-refractivity contribution in [2.75, 3.05) is 52.7 Å². The van der Waals surface area contributed by atoms with Gasteiger partial charge in [0, 0.05) is 25.2 Å². The fraction of sp³-hybridized carbons (Fsp3) is 0.571. The molecule has 10 nitrogen and oxygen atoms in total. The summed E-state index contributed by atoms with van der Waals surface area (Å²) in [6.45, 7) is 2.84. The number of benzene rings is 1. The number of nitro groups is 1. The minimum absolute atomic E-state index is 0.0427. The third-order valence-corrected chi connectivity index (χ3v) is 4.38. The minimum atomic E-state index is -3.72. The summed E-state index contributed by atoms with van der Waals surface area (Å²) in [4.78, 5) is 9.91. The zero-order valence-corrected chi connectivity index (χ0v) is 14.6. The van der Waals surface area contributed by atoms with Gasteiger partial charge in [0.25, 0.3) is 5.69 Å². The van der Waals surface area contributed by atoms with Crippen LogP contribution >= 0.6 is 0 Å². The van der Waals surface area contributed by atoms with Crippen LogP contribution in [0.5, 0.6) is 0 Å². The van der Waals surface area contributed by atoms with Crippen LogP contribution in [-0.4, -0.2) is 66.1 Å². The van der Waals surface area contributed by atoms with Crippen molar-refractivity contribution in [3.8, 4) is 0 Å². The second kappa shape index (κ2) is 11.8. The molecule has 0 aliphatic carbocycles. The Morgan fingerprint density at radius 2 is 1.48 bits per heavy atom. The predicted molar refractivity (Wildman–Crippen MR) is 89.8 cm³/mol. The molecule has 3 N–H and O–H groups in total. The Kier molecular flexibility index (Phi) is 10.1. The number of nitrogens with one attached hydrogen (secondary N) is 1. The lowest BCUT2D eigenvalue weighted by atomic mass is 10.3. The largest absolute Gasteiger partial charge is 0.378 e. The number of nitrogens with zero attached hydrogens (tertiary/aromatic N) is 1. The molecule has 0 aliphatic rings. The molecule has 0 atom stereocenters. The highest BCUT2D eigenvalue weighted by molar-refractivity contribution is 7.89. The molecular formula is C14H23N3O7S. The van der Waals surface area contributed by atoms with Gasteiger partial charge in [0.2, 0.25) is 10.0 Å². The average molecular weight is 377 g/mol. The molecule has 0 heterocycles. The van der Waals surface area contributed by atoms with E-state index in [2.05, 4.69) is 4.72 Å². The molecule has 0 aliphatic heterocycles. The molecule has 0 bridgehead atoms. The highest BCUT2D eigenvalue weighted by Gasteiger charge is 2.15. The van der Waals surface area contributed by atoms with Crippen LogP contribution in [0.2, 0.25) is 0 Å². The normalized spacial score (nSPS) is 11.6. The predicted octanol–water partition coefficient (Wildman–Crippen LogP) is -0.118. The molecule has 1 aromatic carbocycles. The van der Waals surface area contributed by atoms with Gasteiger partial charge in [-0.15, -0.1) is 0 Å². The molecule has 0 unspecified atom stereocenters. The topological polar surface area (TPSA) is 143 Å². The Bertz CT molecular complexity index is 607. The monoisotopic (exact) mass is 377 g/mol. The highest BCUT2D eigenvalue weighted by Crippen LogP contribution is 2.15. The van der Waals surface area contributed by atoms with Gasteiger partial charge in [-0.25, -0.2) is 13.1 Å². The summed E-state index contributed by atoms with van der Waals surface area (Å²) in [6, 6.07) is 4.64. The number of non-ortho nitro benzene ring substituents is 1. The van der Waals surface area contributed by atoms with Crippen molar-refractivity contribution in [3.63, 3.8) is 0 Å². The van der Waals surface area contributed by atoms with E-state index in [-0.39, 0.29) is 23.7 Å². The third kappa shape index (κ3) is 8.86. The van der Waals surface area contributed by atoms with Crippen LogP contribution in [0.4, 0.5) is 5.69 Å². The molecule has 11 heteroatoms. The van der Waals surface area contributed by atoms with Crippen molar-refractivity contribution >= 4 is 15.7 Å². The molecule has 0 spiro atoms. The summed E-state index contributed by atoms with van der Waals surface area (Å²) >= 11 is 0. The molecule has 25 heavy (non-hydrogen) atoms. The fourth-order valence-electron chi connectivity index (χ4n) is 1.70. The number of rotatable bonds is 14. The highest BCUT2D eigenvalue weighted by atomic mass is 32.2. The van der Waals surface area contributed by atoms with Crippen LogP contribution < -0.4 is 10.5 Å². The number of sulfonamides is 1. The van der Waals surface area contributed by atoms with Crippen molar-refractivity contribution < 1.29 is 27.6 Å². The van der Waals surface area contributed by atoms with Gasteiger partial charge in [0.15, 0.2) is 0 Å². The first-order valence-corrected chi connectivity index (χ1v) is 9.13. The smallest absolute Gasteiger partial charge is 0.269 e.